The molecule has 0 heterocycles. The van der Waals surface area contributed by atoms with Crippen molar-refractivity contribution >= 4 is 17.3 Å². The van der Waals surface area contributed by atoms with Crippen LogP contribution in [-0.4, -0.2) is 17.4 Å². The van der Waals surface area contributed by atoms with Gasteiger partial charge in [-0.15, -0.1) is 0 Å². The average Bonchev–Trinajstić information content (AvgIpc) is 3.17. The Hall–Kier alpha value is -2.11. The van der Waals surface area contributed by atoms with Gasteiger partial charge in [0.2, 0.25) is 0 Å². The molecule has 0 unspecified atom stereocenters. The quantitative estimate of drug-likeness (QED) is 0.490. The molecule has 1 aliphatic carbocycles. The molecule has 1 saturated carbocycles. The minimum atomic E-state index is -0.535. The SMILES string of the molecule is CC(C)C1(CNC(=O)c2cc([N+](=O)[O-])ccc2N)CC1. The van der Waals surface area contributed by atoms with Crippen LogP contribution in [0.3, 0.4) is 0 Å². The van der Waals surface area contributed by atoms with E-state index >= 15 is 0 Å². The highest BCUT2D eigenvalue weighted by atomic mass is 16.6. The number of nitrogens with one attached hydrogen (secondary N) is 1. The fraction of sp³-hybridized carbons (Fsp3) is 0.500. The van der Waals surface area contributed by atoms with Crippen molar-refractivity contribution in [3.63, 3.8) is 0 Å². The molecule has 108 valence electrons. The largest absolute Gasteiger partial charge is 0.398 e. The van der Waals surface area contributed by atoms with Crippen molar-refractivity contribution in [1.29, 1.82) is 0 Å². The number of nitrogens with two attached hydrogens (primary N) is 1. The van der Waals surface area contributed by atoms with Crippen LogP contribution in [0.2, 0.25) is 0 Å². The number of hydrogen-bond acceptors (Lipinski definition) is 4. The van der Waals surface area contributed by atoms with Gasteiger partial charge in [0.25, 0.3) is 11.6 Å². The van der Waals surface area contributed by atoms with Gasteiger partial charge >= 0.3 is 0 Å². The summed E-state index contributed by atoms with van der Waals surface area (Å²) in [6.07, 6.45) is 2.21. The standard InChI is InChI=1S/C14H19N3O3/c1-9(2)14(5-6-14)8-16-13(18)11-7-10(17(19)20)3-4-12(11)15/h3-4,7,9H,5-6,8,15H2,1-2H3,(H,16,18). The summed E-state index contributed by atoms with van der Waals surface area (Å²) in [6.45, 7) is 4.87. The van der Waals surface area contributed by atoms with E-state index in [0.717, 1.165) is 12.8 Å². The summed E-state index contributed by atoms with van der Waals surface area (Å²) in [5, 5.41) is 13.6. The smallest absolute Gasteiger partial charge is 0.270 e. The first kappa shape index (κ1) is 14.3. The molecule has 3 N–H and O–H groups in total. The van der Waals surface area contributed by atoms with Crippen LogP contribution in [0.1, 0.15) is 37.0 Å². The number of nitro benzene ring substituents is 1. The van der Waals surface area contributed by atoms with Gasteiger partial charge in [-0.1, -0.05) is 13.8 Å². The first-order chi connectivity index (χ1) is 9.35. The van der Waals surface area contributed by atoms with Gasteiger partial charge in [0.15, 0.2) is 0 Å². The van der Waals surface area contributed by atoms with Gasteiger partial charge in [-0.3, -0.25) is 14.9 Å². The lowest BCUT2D eigenvalue weighted by molar-refractivity contribution is -0.384. The summed E-state index contributed by atoms with van der Waals surface area (Å²) in [6, 6.07) is 3.91. The second-order valence-corrected chi connectivity index (χ2v) is 5.73. The second kappa shape index (κ2) is 5.11. The summed E-state index contributed by atoms with van der Waals surface area (Å²) in [5.41, 5.74) is 6.20. The Bertz CT molecular complexity index is 551. The highest BCUT2D eigenvalue weighted by Crippen LogP contribution is 2.51. The zero-order valence-corrected chi connectivity index (χ0v) is 11.7. The number of hydrogen-bond donors (Lipinski definition) is 2. The minimum Gasteiger partial charge on any atom is -0.398 e. The minimum absolute atomic E-state index is 0.130. The highest BCUT2D eigenvalue weighted by Gasteiger charge is 2.45. The van der Waals surface area contributed by atoms with Crippen molar-refractivity contribution in [3.05, 3.63) is 33.9 Å². The zero-order chi connectivity index (χ0) is 14.9. The molecule has 0 spiro atoms. The van der Waals surface area contributed by atoms with Crippen LogP contribution in [0.15, 0.2) is 18.2 Å². The predicted molar refractivity (Wildman–Crippen MR) is 76.3 cm³/mol. The molecule has 6 heteroatoms. The monoisotopic (exact) mass is 277 g/mol. The summed E-state index contributed by atoms with van der Waals surface area (Å²) >= 11 is 0. The molecule has 0 radical (unpaired) electrons. The third-order valence-corrected chi connectivity index (χ3v) is 4.21. The van der Waals surface area contributed by atoms with E-state index < -0.39 is 4.92 Å². The van der Waals surface area contributed by atoms with Gasteiger partial charge in [0.05, 0.1) is 10.5 Å². The number of carbonyl (C=O) groups is 1. The van der Waals surface area contributed by atoms with Crippen molar-refractivity contribution in [2.24, 2.45) is 11.3 Å². The maximum atomic E-state index is 12.1. The predicted octanol–water partition coefficient (Wildman–Crippen LogP) is 2.34. The number of nitro groups is 1. The molecular formula is C14H19N3O3. The lowest BCUT2D eigenvalue weighted by Gasteiger charge is -2.20. The number of benzene rings is 1. The molecule has 1 fully saturated rings. The van der Waals surface area contributed by atoms with Gasteiger partial charge in [0.1, 0.15) is 0 Å². The number of nitrogens with zero attached hydrogens (tertiary/aromatic N) is 1. The lowest BCUT2D eigenvalue weighted by atomic mass is 9.92. The van der Waals surface area contributed by atoms with E-state index in [9.17, 15) is 14.9 Å². The molecule has 2 rings (SSSR count). The van der Waals surface area contributed by atoms with Crippen LogP contribution in [0, 0.1) is 21.4 Å². The van der Waals surface area contributed by atoms with Gasteiger partial charge in [-0.2, -0.15) is 0 Å². The van der Waals surface area contributed by atoms with Crippen molar-refractivity contribution in [3.8, 4) is 0 Å². The van der Waals surface area contributed by atoms with Crippen LogP contribution < -0.4 is 11.1 Å². The van der Waals surface area contributed by atoms with Gasteiger partial charge in [0, 0.05) is 24.4 Å². The Labute approximate surface area is 117 Å². The first-order valence-electron chi connectivity index (χ1n) is 6.68. The zero-order valence-electron chi connectivity index (χ0n) is 11.7. The van der Waals surface area contributed by atoms with Crippen LogP contribution >= 0.6 is 0 Å². The third-order valence-electron chi connectivity index (χ3n) is 4.21. The highest BCUT2D eigenvalue weighted by molar-refractivity contribution is 5.99. The molecule has 1 amide bonds. The molecule has 0 bridgehead atoms. The molecule has 6 nitrogen and oxygen atoms in total. The van der Waals surface area contributed by atoms with Crippen LogP contribution in [0.25, 0.3) is 0 Å². The molecule has 0 atom stereocenters. The number of anilines is 1. The van der Waals surface area contributed by atoms with Crippen LogP contribution in [-0.2, 0) is 0 Å². The summed E-state index contributed by atoms with van der Waals surface area (Å²) in [7, 11) is 0. The van der Waals surface area contributed by atoms with Crippen LogP contribution in [0.4, 0.5) is 11.4 Å². The molecule has 1 aromatic carbocycles. The summed E-state index contributed by atoms with van der Waals surface area (Å²) in [5.74, 6) is 0.156. The van der Waals surface area contributed by atoms with Crippen molar-refractivity contribution in [2.45, 2.75) is 26.7 Å². The van der Waals surface area contributed by atoms with Gasteiger partial charge < -0.3 is 11.1 Å². The third kappa shape index (κ3) is 2.74. The Morgan fingerprint density at radius 3 is 2.65 bits per heavy atom. The maximum Gasteiger partial charge on any atom is 0.270 e. The Balaban J connectivity index is 2.09. The van der Waals surface area contributed by atoms with E-state index in [1.807, 2.05) is 0 Å². The molecule has 0 saturated heterocycles. The molecule has 0 aliphatic heterocycles. The number of nitrogen functional groups attached to an aromatic ring is 1. The van der Waals surface area contributed by atoms with Gasteiger partial charge in [-0.25, -0.2) is 0 Å². The van der Waals surface area contributed by atoms with E-state index in [1.54, 1.807) is 0 Å². The fourth-order valence-corrected chi connectivity index (χ4v) is 2.32. The average molecular weight is 277 g/mol. The van der Waals surface area contributed by atoms with Crippen molar-refractivity contribution in [2.75, 3.05) is 12.3 Å². The number of amides is 1. The van der Waals surface area contributed by atoms with E-state index in [2.05, 4.69) is 19.2 Å². The first-order valence-corrected chi connectivity index (χ1v) is 6.68. The summed E-state index contributed by atoms with van der Waals surface area (Å²) < 4.78 is 0. The normalized spacial score (nSPS) is 15.9. The fourth-order valence-electron chi connectivity index (χ4n) is 2.32. The Morgan fingerprint density at radius 2 is 2.15 bits per heavy atom. The molecule has 0 aromatic heterocycles. The summed E-state index contributed by atoms with van der Waals surface area (Å²) in [4.78, 5) is 22.3. The number of carbonyl (C=O) groups excluding carboxylic acids is 1. The topological polar surface area (TPSA) is 98.3 Å². The lowest BCUT2D eigenvalue weighted by Crippen LogP contribution is -2.33. The second-order valence-electron chi connectivity index (χ2n) is 5.73. The molecule has 1 aliphatic rings. The maximum absolute atomic E-state index is 12.1. The van der Waals surface area contributed by atoms with Crippen LogP contribution in [0.5, 0.6) is 0 Å². The van der Waals surface area contributed by atoms with Crippen molar-refractivity contribution < 1.29 is 9.72 Å². The van der Waals surface area contributed by atoms with Gasteiger partial charge in [-0.05, 0) is 30.2 Å². The Morgan fingerprint density at radius 1 is 1.50 bits per heavy atom. The van der Waals surface area contributed by atoms with Crippen molar-refractivity contribution in [1.82, 2.24) is 5.32 Å². The Kier molecular flexibility index (Phi) is 3.65. The van der Waals surface area contributed by atoms with E-state index in [-0.39, 0.29) is 28.3 Å². The number of rotatable bonds is 5. The van der Waals surface area contributed by atoms with E-state index in [0.29, 0.717) is 12.5 Å². The van der Waals surface area contributed by atoms with E-state index in [4.69, 9.17) is 5.73 Å². The number of non-ortho nitro benzene ring substituents is 1. The molecule has 1 aromatic rings. The molecule has 20 heavy (non-hydrogen) atoms. The van der Waals surface area contributed by atoms with E-state index in [1.165, 1.54) is 18.2 Å². The molecular weight excluding hydrogens is 258 g/mol.